The van der Waals surface area contributed by atoms with Gasteiger partial charge in [0.15, 0.2) is 11.7 Å². The van der Waals surface area contributed by atoms with E-state index in [1.54, 1.807) is 31.3 Å². The molecule has 1 saturated carbocycles. The molecule has 2 aliphatic rings. The third-order valence-electron chi connectivity index (χ3n) is 5.37. The van der Waals surface area contributed by atoms with E-state index < -0.39 is 24.7 Å². The van der Waals surface area contributed by atoms with E-state index in [2.05, 4.69) is 0 Å². The number of likely N-dealkylation sites (N-methyl/N-ethyl adjacent to an activating group) is 1. The molecule has 3 atom stereocenters. The van der Waals surface area contributed by atoms with E-state index in [4.69, 9.17) is 20.5 Å². The number of likely N-dealkylation sites (tertiary alicyclic amines) is 1. The van der Waals surface area contributed by atoms with Crippen LogP contribution < -0.4 is 0 Å². The molecule has 132 valence electrons. The van der Waals surface area contributed by atoms with E-state index in [0.717, 1.165) is 25.7 Å². The predicted octanol–water partition coefficient (Wildman–Crippen LogP) is 3.11. The van der Waals surface area contributed by atoms with Gasteiger partial charge in [-0.25, -0.2) is 4.79 Å². The molecule has 1 unspecified atom stereocenters. The van der Waals surface area contributed by atoms with Crippen molar-refractivity contribution < 1.29 is 23.2 Å². The zero-order chi connectivity index (χ0) is 19.9. The normalized spacial score (nSPS) is 32.6. The minimum absolute atomic E-state index is 0.131. The number of hydrogen-bond donors (Lipinski definition) is 1. The first-order valence-electron chi connectivity index (χ1n) is 10.1. The first-order chi connectivity index (χ1) is 12.6. The molecule has 3 rings (SSSR count). The predicted molar refractivity (Wildman–Crippen MR) is 93.6 cm³/mol. The number of carbonyl (C=O) groups excluding carboxylic acids is 1. The zero-order valence-corrected chi connectivity index (χ0v) is 14.8. The third kappa shape index (κ3) is 3.46. The molecule has 0 spiro atoms. The minimum atomic E-state index is -2.15. The van der Waals surface area contributed by atoms with Gasteiger partial charge in [0.05, 0.1) is 24.7 Å². The van der Waals surface area contributed by atoms with Crippen LogP contribution in [0.5, 0.6) is 0 Å². The van der Waals surface area contributed by atoms with Gasteiger partial charge in [0.1, 0.15) is 6.54 Å². The molecule has 1 saturated heterocycles. The maximum atomic E-state index is 13.1. The van der Waals surface area contributed by atoms with Crippen LogP contribution in [-0.4, -0.2) is 48.8 Å². The Kier molecular flexibility index (Phi) is 3.92. The van der Waals surface area contributed by atoms with Crippen molar-refractivity contribution in [3.63, 3.8) is 0 Å². The maximum absolute atomic E-state index is 13.1. The topological polar surface area (TPSA) is 46.5 Å². The van der Waals surface area contributed by atoms with Crippen molar-refractivity contribution in [3.05, 3.63) is 34.9 Å². The second kappa shape index (κ2) is 6.66. The molecule has 0 radical (unpaired) electrons. The van der Waals surface area contributed by atoms with E-state index in [1.165, 1.54) is 0 Å². The Labute approximate surface area is 153 Å². The van der Waals surface area contributed by atoms with Crippen LogP contribution in [0.4, 0.5) is 0 Å². The standard InChI is InChI=1S/C19H27ClNO3/c1-21(2)12-11-17(13-21)24-18(22)19(23,14-5-3-4-6-14)15-7-9-16(20)10-8-15/h7-10,14,17,23H,3-6,11-13H2,1-2H3/q+1/t17-,19+/m0/s1/i1+1D3/t17-,19+,21?. The first kappa shape index (κ1) is 14.1. The number of hydrogen-bond acceptors (Lipinski definition) is 3. The molecule has 24 heavy (non-hydrogen) atoms. The molecule has 0 amide bonds. The highest BCUT2D eigenvalue weighted by Gasteiger charge is 2.49. The zero-order valence-electron chi connectivity index (χ0n) is 17.0. The second-order valence-corrected chi connectivity index (χ2v) is 7.81. The van der Waals surface area contributed by atoms with Gasteiger partial charge in [-0.3, -0.25) is 0 Å². The summed E-state index contributed by atoms with van der Waals surface area (Å²) in [5.74, 6) is -0.892. The lowest BCUT2D eigenvalue weighted by molar-refractivity contribution is -0.879. The average Bonchev–Trinajstić information content (AvgIpc) is 3.25. The van der Waals surface area contributed by atoms with Crippen LogP contribution in [0.3, 0.4) is 0 Å². The van der Waals surface area contributed by atoms with E-state index in [0.29, 0.717) is 23.6 Å². The summed E-state index contributed by atoms with van der Waals surface area (Å²) in [5, 5.41) is 12.0. The summed E-state index contributed by atoms with van der Waals surface area (Å²) in [5.41, 5.74) is -1.25. The van der Waals surface area contributed by atoms with Crippen molar-refractivity contribution >= 4 is 17.6 Å². The molecule has 1 N–H and O–H groups in total. The number of rotatable bonds is 4. The lowest BCUT2D eigenvalue weighted by atomic mass is 9.80. The van der Waals surface area contributed by atoms with Gasteiger partial charge in [0.25, 0.3) is 0 Å². The number of quaternary nitrogens is 1. The Morgan fingerprint density at radius 1 is 1.33 bits per heavy atom. The van der Waals surface area contributed by atoms with Crippen molar-refractivity contribution in [1.29, 1.82) is 0 Å². The highest BCUT2D eigenvalue weighted by atomic mass is 35.5. The highest BCUT2D eigenvalue weighted by Crippen LogP contribution is 2.42. The molecule has 1 aliphatic heterocycles. The minimum Gasteiger partial charge on any atom is -0.454 e. The monoisotopic (exact) mass is 356 g/mol. The summed E-state index contributed by atoms with van der Waals surface area (Å²) in [4.78, 5) is 13.1. The van der Waals surface area contributed by atoms with Crippen molar-refractivity contribution in [2.45, 2.75) is 43.8 Å². The van der Waals surface area contributed by atoms with Gasteiger partial charge in [-0.15, -0.1) is 0 Å². The number of esters is 1. The molecule has 1 heterocycles. The van der Waals surface area contributed by atoms with Crippen molar-refractivity contribution in [1.82, 2.24) is 0 Å². The fraction of sp³-hybridized carbons (Fsp3) is 0.632. The summed E-state index contributed by atoms with van der Waals surface area (Å²) < 4.78 is 28.7. The molecule has 5 heteroatoms. The van der Waals surface area contributed by atoms with Crippen LogP contribution in [0.2, 0.25) is 5.02 Å². The average molecular weight is 357 g/mol. The van der Waals surface area contributed by atoms with Crippen LogP contribution in [0.25, 0.3) is 0 Å². The van der Waals surface area contributed by atoms with Crippen LogP contribution >= 0.6 is 11.6 Å². The molecular weight excluding hydrogens is 327 g/mol. The van der Waals surface area contributed by atoms with Crippen LogP contribution in [0.1, 0.15) is 41.8 Å². The number of aliphatic hydroxyl groups is 1. The van der Waals surface area contributed by atoms with Crippen molar-refractivity contribution in [2.24, 2.45) is 5.92 Å². The van der Waals surface area contributed by atoms with Crippen LogP contribution in [-0.2, 0) is 15.1 Å². The fourth-order valence-electron chi connectivity index (χ4n) is 3.97. The summed E-state index contributed by atoms with van der Waals surface area (Å²) in [6, 6.07) is 6.64. The maximum Gasteiger partial charge on any atom is 0.343 e. The summed E-state index contributed by atoms with van der Waals surface area (Å²) in [6.45, 7) is -1.51. The van der Waals surface area contributed by atoms with E-state index >= 15 is 0 Å². The van der Waals surface area contributed by atoms with E-state index in [9.17, 15) is 9.90 Å². The van der Waals surface area contributed by atoms with Crippen LogP contribution in [0.15, 0.2) is 24.3 Å². The molecule has 0 bridgehead atoms. The van der Waals surface area contributed by atoms with Crippen LogP contribution in [0, 0.1) is 5.92 Å². The number of halogens is 1. The molecule has 4 nitrogen and oxygen atoms in total. The Hall–Kier alpha value is -1.10. The summed E-state index contributed by atoms with van der Waals surface area (Å²) >= 11 is 5.96. The van der Waals surface area contributed by atoms with E-state index in [-0.39, 0.29) is 16.9 Å². The van der Waals surface area contributed by atoms with Gasteiger partial charge in [-0.1, -0.05) is 36.6 Å². The number of benzene rings is 1. The smallest absolute Gasteiger partial charge is 0.343 e. The number of ether oxygens (including phenoxy) is 1. The van der Waals surface area contributed by atoms with Gasteiger partial charge in [-0.2, -0.15) is 0 Å². The first-order valence-corrected chi connectivity index (χ1v) is 8.98. The lowest BCUT2D eigenvalue weighted by Crippen LogP contribution is -2.46. The fourth-order valence-corrected chi connectivity index (χ4v) is 4.09. The summed E-state index contributed by atoms with van der Waals surface area (Å²) in [6.07, 6.45) is 3.39. The molecule has 1 aromatic rings. The van der Waals surface area contributed by atoms with Crippen molar-refractivity contribution in [2.75, 3.05) is 27.1 Å². The molecule has 0 aromatic heterocycles. The lowest BCUT2D eigenvalue weighted by Gasteiger charge is -2.33. The number of nitrogens with zero attached hydrogens (tertiary/aromatic N) is 1. The molecule has 1 aromatic carbocycles. The van der Waals surface area contributed by atoms with Gasteiger partial charge >= 0.3 is 5.97 Å². The summed E-state index contributed by atoms with van der Waals surface area (Å²) in [7, 11) is 1.66. The molecule has 1 aliphatic carbocycles. The Bertz CT molecular complexity index is 690. The Morgan fingerprint density at radius 2 is 2.00 bits per heavy atom. The van der Waals surface area contributed by atoms with Gasteiger partial charge in [0, 0.05) is 17.4 Å². The van der Waals surface area contributed by atoms with Gasteiger partial charge in [-0.05, 0) is 30.5 Å². The molecule has 2 fully saturated rings. The highest BCUT2D eigenvalue weighted by molar-refractivity contribution is 6.30. The third-order valence-corrected chi connectivity index (χ3v) is 5.62. The number of carbonyl (C=O) groups is 1. The quantitative estimate of drug-likeness (QED) is 0.512. The largest absolute Gasteiger partial charge is 0.454 e. The Morgan fingerprint density at radius 3 is 2.58 bits per heavy atom. The second-order valence-electron chi connectivity index (χ2n) is 7.37. The molecular formula is C19H27ClNO3+. The van der Waals surface area contributed by atoms with Gasteiger partial charge < -0.3 is 14.3 Å². The Balaban J connectivity index is 1.81. The SMILES string of the molecule is [2H][13C]([2H])([2H])[N+]1(C)CC[C@H](OC(=O)[C@](O)(c2ccc(Cl)cc2)C2CCCC2)C1. The van der Waals surface area contributed by atoms with E-state index in [1.807, 2.05) is 0 Å². The van der Waals surface area contributed by atoms with Gasteiger partial charge in [0.2, 0.25) is 0 Å². The van der Waals surface area contributed by atoms with Crippen molar-refractivity contribution in [3.8, 4) is 0 Å².